The maximum Gasteiger partial charge on any atom is 0.272 e. The molecular formula is C15H20N4O5S. The fourth-order valence-electron chi connectivity index (χ4n) is 2.79. The summed E-state index contributed by atoms with van der Waals surface area (Å²) >= 11 is 0. The van der Waals surface area contributed by atoms with Gasteiger partial charge in [0.2, 0.25) is 10.0 Å². The summed E-state index contributed by atoms with van der Waals surface area (Å²) in [6.45, 7) is 3.78. The van der Waals surface area contributed by atoms with Crippen LogP contribution < -0.4 is 5.32 Å². The van der Waals surface area contributed by atoms with Crippen LogP contribution in [-0.2, 0) is 10.0 Å². The molecule has 136 valence electrons. The lowest BCUT2D eigenvalue weighted by Gasteiger charge is -2.28. The number of hydrogen-bond donors (Lipinski definition) is 3. The lowest BCUT2D eigenvalue weighted by molar-refractivity contribution is 0.102. The van der Waals surface area contributed by atoms with Gasteiger partial charge in [-0.3, -0.25) is 4.79 Å². The van der Waals surface area contributed by atoms with Crippen LogP contribution >= 0.6 is 0 Å². The Morgan fingerprint density at radius 1 is 1.48 bits per heavy atom. The standard InChI is InChI=1S/C15H20N4O5S/c1-9-14(10(2)24-18-9)17-15(21)13-6-12(7-16-13)25(22,23)19-5-3-4-11(20)8-19/h6-7,11,16,20H,3-5,8H2,1-2H3,(H,17,21)/t11-/m0/s1. The van der Waals surface area contributed by atoms with Crippen molar-refractivity contribution in [2.45, 2.75) is 37.7 Å². The average Bonchev–Trinajstić information content (AvgIpc) is 3.18. The first-order chi connectivity index (χ1) is 11.8. The molecular weight excluding hydrogens is 348 g/mol. The molecule has 10 heteroatoms. The fourth-order valence-corrected chi connectivity index (χ4v) is 4.30. The molecule has 1 atom stereocenters. The topological polar surface area (TPSA) is 129 Å². The third-order valence-electron chi connectivity index (χ3n) is 4.17. The largest absolute Gasteiger partial charge is 0.392 e. The molecule has 1 fully saturated rings. The SMILES string of the molecule is Cc1noc(C)c1NC(=O)c1cc(S(=O)(=O)N2CCC[C@H](O)C2)c[nH]1. The second-order valence-corrected chi connectivity index (χ2v) is 8.00. The van der Waals surface area contributed by atoms with Crippen molar-refractivity contribution in [3.05, 3.63) is 29.4 Å². The Bertz CT molecular complexity index is 866. The smallest absolute Gasteiger partial charge is 0.272 e. The first-order valence-corrected chi connectivity index (χ1v) is 9.34. The molecule has 0 aromatic carbocycles. The minimum absolute atomic E-state index is 0.00878. The monoisotopic (exact) mass is 368 g/mol. The van der Waals surface area contributed by atoms with E-state index < -0.39 is 22.0 Å². The summed E-state index contributed by atoms with van der Waals surface area (Å²) in [5.74, 6) is -0.0258. The Morgan fingerprint density at radius 3 is 2.88 bits per heavy atom. The minimum atomic E-state index is -3.75. The second kappa shape index (κ2) is 6.62. The third kappa shape index (κ3) is 3.46. The number of hydrogen-bond acceptors (Lipinski definition) is 6. The van der Waals surface area contributed by atoms with E-state index in [0.717, 1.165) is 0 Å². The summed E-state index contributed by atoms with van der Waals surface area (Å²) in [6, 6.07) is 1.28. The summed E-state index contributed by atoms with van der Waals surface area (Å²) in [5.41, 5.74) is 1.10. The van der Waals surface area contributed by atoms with Gasteiger partial charge in [-0.2, -0.15) is 4.31 Å². The number of nitrogens with one attached hydrogen (secondary N) is 2. The number of aromatic amines is 1. The summed E-state index contributed by atoms with van der Waals surface area (Å²) in [7, 11) is -3.75. The molecule has 0 radical (unpaired) electrons. The zero-order chi connectivity index (χ0) is 18.2. The van der Waals surface area contributed by atoms with Gasteiger partial charge in [0.1, 0.15) is 22.0 Å². The van der Waals surface area contributed by atoms with Crippen LogP contribution in [0.5, 0.6) is 0 Å². The summed E-state index contributed by atoms with van der Waals surface area (Å²) in [4.78, 5) is 15.0. The Labute approximate surface area is 145 Å². The number of piperidine rings is 1. The van der Waals surface area contributed by atoms with Gasteiger partial charge in [-0.25, -0.2) is 8.42 Å². The van der Waals surface area contributed by atoms with Gasteiger partial charge in [-0.15, -0.1) is 0 Å². The van der Waals surface area contributed by atoms with E-state index >= 15 is 0 Å². The molecule has 3 N–H and O–H groups in total. The van der Waals surface area contributed by atoms with Gasteiger partial charge in [0.05, 0.1) is 6.10 Å². The molecule has 2 aromatic heterocycles. The highest BCUT2D eigenvalue weighted by Gasteiger charge is 2.30. The van der Waals surface area contributed by atoms with Crippen LogP contribution in [0.2, 0.25) is 0 Å². The number of nitrogens with zero attached hydrogens (tertiary/aromatic N) is 2. The van der Waals surface area contributed by atoms with E-state index in [1.165, 1.54) is 16.6 Å². The third-order valence-corrected chi connectivity index (χ3v) is 6.01. The quantitative estimate of drug-likeness (QED) is 0.739. The molecule has 1 amide bonds. The average molecular weight is 368 g/mol. The number of carbonyl (C=O) groups is 1. The van der Waals surface area contributed by atoms with Crippen molar-refractivity contribution in [2.24, 2.45) is 0 Å². The number of aromatic nitrogens is 2. The van der Waals surface area contributed by atoms with Gasteiger partial charge in [0.15, 0.2) is 5.76 Å². The van der Waals surface area contributed by atoms with Gasteiger partial charge in [-0.1, -0.05) is 5.16 Å². The molecule has 3 rings (SSSR count). The first kappa shape index (κ1) is 17.6. The Morgan fingerprint density at radius 2 is 2.24 bits per heavy atom. The molecule has 3 heterocycles. The van der Waals surface area contributed by atoms with E-state index in [1.807, 2.05) is 0 Å². The highest BCUT2D eigenvalue weighted by molar-refractivity contribution is 7.89. The van der Waals surface area contributed by atoms with E-state index in [-0.39, 0.29) is 17.1 Å². The fraction of sp³-hybridized carbons (Fsp3) is 0.467. The molecule has 0 bridgehead atoms. The van der Waals surface area contributed by atoms with E-state index in [4.69, 9.17) is 4.52 Å². The lowest BCUT2D eigenvalue weighted by atomic mass is 10.1. The highest BCUT2D eigenvalue weighted by atomic mass is 32.2. The van der Waals surface area contributed by atoms with Crippen LogP contribution in [0.4, 0.5) is 5.69 Å². The summed E-state index contributed by atoms with van der Waals surface area (Å²) < 4.78 is 31.5. The van der Waals surface area contributed by atoms with Crippen LogP contribution in [0.3, 0.4) is 0 Å². The van der Waals surface area contributed by atoms with E-state index in [0.29, 0.717) is 36.5 Å². The zero-order valence-corrected chi connectivity index (χ0v) is 14.8. The number of sulfonamides is 1. The number of aryl methyl sites for hydroxylation is 2. The number of aliphatic hydroxyl groups is 1. The predicted molar refractivity (Wildman–Crippen MR) is 88.7 cm³/mol. The second-order valence-electron chi connectivity index (χ2n) is 6.06. The number of H-pyrrole nitrogens is 1. The molecule has 2 aromatic rings. The highest BCUT2D eigenvalue weighted by Crippen LogP contribution is 2.23. The van der Waals surface area contributed by atoms with Crippen molar-refractivity contribution in [2.75, 3.05) is 18.4 Å². The van der Waals surface area contributed by atoms with Crippen molar-refractivity contribution in [1.29, 1.82) is 0 Å². The zero-order valence-electron chi connectivity index (χ0n) is 13.9. The Hall–Kier alpha value is -2.17. The number of amides is 1. The van der Waals surface area contributed by atoms with Crippen molar-refractivity contribution in [3.8, 4) is 0 Å². The number of β-amino-alcohol motifs (C(OH)–C–C–N with tert-alkyl or cyclic N) is 1. The van der Waals surface area contributed by atoms with Crippen molar-refractivity contribution in [1.82, 2.24) is 14.4 Å². The number of rotatable bonds is 4. The van der Waals surface area contributed by atoms with Crippen molar-refractivity contribution in [3.63, 3.8) is 0 Å². The number of carbonyl (C=O) groups excluding carboxylic acids is 1. The van der Waals surface area contributed by atoms with E-state index in [9.17, 15) is 18.3 Å². The summed E-state index contributed by atoms with van der Waals surface area (Å²) in [6.07, 6.45) is 1.80. The molecule has 1 aliphatic rings. The minimum Gasteiger partial charge on any atom is -0.392 e. The normalized spacial score (nSPS) is 19.1. The maximum atomic E-state index is 12.6. The molecule has 1 aliphatic heterocycles. The molecule has 25 heavy (non-hydrogen) atoms. The molecule has 1 saturated heterocycles. The summed E-state index contributed by atoms with van der Waals surface area (Å²) in [5, 5.41) is 16.1. The predicted octanol–water partition coefficient (Wildman–Crippen LogP) is 1.02. The van der Waals surface area contributed by atoms with Crippen LogP contribution in [0.15, 0.2) is 21.7 Å². The van der Waals surface area contributed by atoms with Crippen LogP contribution in [0.1, 0.15) is 34.8 Å². The van der Waals surface area contributed by atoms with Gasteiger partial charge in [0, 0.05) is 19.3 Å². The lowest BCUT2D eigenvalue weighted by Crippen LogP contribution is -2.41. The van der Waals surface area contributed by atoms with Gasteiger partial charge in [-0.05, 0) is 32.8 Å². The van der Waals surface area contributed by atoms with Crippen LogP contribution in [0.25, 0.3) is 0 Å². The van der Waals surface area contributed by atoms with Crippen LogP contribution in [-0.4, -0.2) is 53.1 Å². The van der Waals surface area contributed by atoms with Crippen molar-refractivity contribution < 1.29 is 22.8 Å². The van der Waals surface area contributed by atoms with Crippen LogP contribution in [0, 0.1) is 13.8 Å². The Kier molecular flexibility index (Phi) is 4.67. The van der Waals surface area contributed by atoms with E-state index in [2.05, 4.69) is 15.5 Å². The van der Waals surface area contributed by atoms with Crippen molar-refractivity contribution >= 4 is 21.6 Å². The van der Waals surface area contributed by atoms with Gasteiger partial charge in [0.25, 0.3) is 5.91 Å². The molecule has 0 spiro atoms. The maximum absolute atomic E-state index is 12.6. The number of aliphatic hydroxyl groups excluding tert-OH is 1. The number of anilines is 1. The van der Waals surface area contributed by atoms with Gasteiger partial charge >= 0.3 is 0 Å². The molecule has 9 nitrogen and oxygen atoms in total. The molecule has 0 saturated carbocycles. The first-order valence-electron chi connectivity index (χ1n) is 7.90. The molecule has 0 unspecified atom stereocenters. The van der Waals surface area contributed by atoms with E-state index in [1.54, 1.807) is 13.8 Å². The van der Waals surface area contributed by atoms with Gasteiger partial charge < -0.3 is 19.9 Å². The Balaban J connectivity index is 1.78. The molecule has 0 aliphatic carbocycles.